The molecule has 1 aliphatic rings. The van der Waals surface area contributed by atoms with Gasteiger partial charge < -0.3 is 9.25 Å². The van der Waals surface area contributed by atoms with Gasteiger partial charge in [0.25, 0.3) is 0 Å². The number of carbonyl (C=O) groups is 1. The van der Waals surface area contributed by atoms with Gasteiger partial charge in [-0.2, -0.15) is 5.11 Å². The summed E-state index contributed by atoms with van der Waals surface area (Å²) in [4.78, 5) is 30.9. The Kier molecular flexibility index (Phi) is 4.62. The molecule has 28 heavy (non-hydrogen) atoms. The van der Waals surface area contributed by atoms with Crippen LogP contribution in [0.15, 0.2) is 74.4 Å². The summed E-state index contributed by atoms with van der Waals surface area (Å²) in [6.45, 7) is 0. The molecular weight excluding hydrogens is 388 g/mol. The lowest BCUT2D eigenvalue weighted by Gasteiger charge is -2.14. The van der Waals surface area contributed by atoms with Gasteiger partial charge in [0.1, 0.15) is 10.6 Å². The molecule has 4 rings (SSSR count). The van der Waals surface area contributed by atoms with Gasteiger partial charge in [-0.25, -0.2) is 14.8 Å². The summed E-state index contributed by atoms with van der Waals surface area (Å²) in [7, 11) is 0. The number of furan rings is 1. The van der Waals surface area contributed by atoms with Gasteiger partial charge in [-0.15, -0.1) is 16.5 Å². The summed E-state index contributed by atoms with van der Waals surface area (Å²) in [5.74, 6) is -0.726. The Balaban J connectivity index is 1.51. The zero-order valence-corrected chi connectivity index (χ0v) is 14.7. The van der Waals surface area contributed by atoms with E-state index in [4.69, 9.17) is 9.25 Å². The lowest BCUT2D eigenvalue weighted by Crippen LogP contribution is -2.28. The van der Waals surface area contributed by atoms with E-state index in [-0.39, 0.29) is 22.5 Å². The van der Waals surface area contributed by atoms with E-state index in [0.717, 1.165) is 0 Å². The van der Waals surface area contributed by atoms with Crippen molar-refractivity contribution in [2.75, 3.05) is 5.01 Å². The molecule has 12 heteroatoms. The van der Waals surface area contributed by atoms with E-state index in [2.05, 4.69) is 20.8 Å². The molecule has 0 amide bonds. The number of nitro groups is 1. The topological polar surface area (TPSA) is 135 Å². The molecule has 0 atom stereocenters. The number of benzene rings is 1. The molecule has 0 spiro atoms. The Morgan fingerprint density at radius 1 is 1.25 bits per heavy atom. The number of thiazole rings is 1. The fraction of sp³-hybridized carbons (Fsp3) is 0. The van der Waals surface area contributed by atoms with Gasteiger partial charge in [0.15, 0.2) is 11.5 Å². The monoisotopic (exact) mass is 398 g/mol. The molecule has 0 aliphatic carbocycles. The summed E-state index contributed by atoms with van der Waals surface area (Å²) in [5, 5.41) is 21.8. The first-order valence-electron chi connectivity index (χ1n) is 7.75. The number of hydrazine groups is 1. The third-order valence-electron chi connectivity index (χ3n) is 3.53. The minimum atomic E-state index is -0.629. The second-order valence-electron chi connectivity index (χ2n) is 5.29. The van der Waals surface area contributed by atoms with E-state index in [0.29, 0.717) is 11.4 Å². The molecule has 1 aromatic carbocycles. The SMILES string of the molecule is O=C1ONN(c2ccccc2)/C1=C/N=Nc1nc(-c2ccc([N+](=O)[O-])o2)cs1. The number of nitrogens with zero attached hydrogens (tertiary/aromatic N) is 5. The summed E-state index contributed by atoms with van der Waals surface area (Å²) in [6.07, 6.45) is 1.24. The molecule has 3 heterocycles. The number of hydrogen-bond acceptors (Lipinski definition) is 11. The van der Waals surface area contributed by atoms with E-state index >= 15 is 0 Å². The molecule has 11 nitrogen and oxygen atoms in total. The third kappa shape index (κ3) is 3.49. The van der Waals surface area contributed by atoms with Crippen LogP contribution in [0.2, 0.25) is 0 Å². The fourth-order valence-corrected chi connectivity index (χ4v) is 2.91. The van der Waals surface area contributed by atoms with Crippen LogP contribution in [0.4, 0.5) is 16.7 Å². The number of rotatable bonds is 5. The van der Waals surface area contributed by atoms with Crippen molar-refractivity contribution in [3.05, 3.63) is 69.9 Å². The van der Waals surface area contributed by atoms with Crippen LogP contribution in [0, 0.1) is 10.1 Å². The maximum absolute atomic E-state index is 11.9. The first-order valence-corrected chi connectivity index (χ1v) is 8.63. The molecule has 3 aromatic rings. The Labute approximate surface area is 160 Å². The maximum atomic E-state index is 11.9. The van der Waals surface area contributed by atoms with Crippen molar-refractivity contribution in [3.63, 3.8) is 0 Å². The zero-order valence-electron chi connectivity index (χ0n) is 13.9. The molecule has 140 valence electrons. The largest absolute Gasteiger partial charge is 0.433 e. The Morgan fingerprint density at radius 2 is 2.07 bits per heavy atom. The number of aromatic nitrogens is 1. The van der Waals surface area contributed by atoms with Gasteiger partial charge in [0.05, 0.1) is 18.0 Å². The standard InChI is InChI=1S/C16H10N6O5S/c23-15-12(21(20-27-15)10-4-2-1-3-5-10)8-17-19-16-18-11(9-28-16)13-6-7-14(26-13)22(24)25/h1-9,20H/b12-8+,19-17?. The molecule has 0 radical (unpaired) electrons. The summed E-state index contributed by atoms with van der Waals surface area (Å²) < 4.78 is 5.09. The third-order valence-corrected chi connectivity index (χ3v) is 4.26. The molecule has 1 fully saturated rings. The highest BCUT2D eigenvalue weighted by atomic mass is 32.1. The molecule has 0 saturated carbocycles. The van der Waals surface area contributed by atoms with Crippen molar-refractivity contribution in [2.45, 2.75) is 0 Å². The first-order chi connectivity index (χ1) is 13.6. The number of hydrogen-bond donors (Lipinski definition) is 1. The van der Waals surface area contributed by atoms with E-state index in [9.17, 15) is 14.9 Å². The highest BCUT2D eigenvalue weighted by molar-refractivity contribution is 7.13. The second kappa shape index (κ2) is 7.38. The maximum Gasteiger partial charge on any atom is 0.433 e. The summed E-state index contributed by atoms with van der Waals surface area (Å²) in [6, 6.07) is 11.7. The van der Waals surface area contributed by atoms with Crippen LogP contribution in [-0.4, -0.2) is 15.9 Å². The van der Waals surface area contributed by atoms with E-state index < -0.39 is 10.9 Å². The average molecular weight is 398 g/mol. The van der Waals surface area contributed by atoms with E-state index in [1.54, 1.807) is 17.5 Å². The van der Waals surface area contributed by atoms with Gasteiger partial charge in [-0.05, 0) is 18.2 Å². The number of carbonyl (C=O) groups excluding carboxylic acids is 1. The number of nitrogens with one attached hydrogen (secondary N) is 1. The van der Waals surface area contributed by atoms with Crippen LogP contribution in [0.3, 0.4) is 0 Å². The molecule has 0 bridgehead atoms. The predicted molar refractivity (Wildman–Crippen MR) is 97.2 cm³/mol. The minimum Gasteiger partial charge on any atom is -0.399 e. The van der Waals surface area contributed by atoms with Crippen LogP contribution in [0.25, 0.3) is 11.5 Å². The van der Waals surface area contributed by atoms with Crippen molar-refractivity contribution >= 4 is 34.0 Å². The van der Waals surface area contributed by atoms with Gasteiger partial charge >= 0.3 is 11.9 Å². The van der Waals surface area contributed by atoms with Crippen LogP contribution < -0.4 is 10.6 Å². The van der Waals surface area contributed by atoms with Crippen molar-refractivity contribution in [2.24, 2.45) is 10.2 Å². The van der Waals surface area contributed by atoms with Gasteiger partial charge in [0.2, 0.25) is 5.13 Å². The Bertz CT molecular complexity index is 1090. The normalized spacial score (nSPS) is 15.5. The fourth-order valence-electron chi connectivity index (χ4n) is 2.28. The van der Waals surface area contributed by atoms with E-state index in [1.807, 2.05) is 18.2 Å². The van der Waals surface area contributed by atoms with Crippen molar-refractivity contribution in [3.8, 4) is 11.5 Å². The second-order valence-corrected chi connectivity index (χ2v) is 6.13. The lowest BCUT2D eigenvalue weighted by molar-refractivity contribution is -0.401. The molecule has 1 saturated heterocycles. The van der Waals surface area contributed by atoms with Gasteiger partial charge in [-0.1, -0.05) is 23.8 Å². The number of azo groups is 1. The first kappa shape index (κ1) is 17.5. The minimum absolute atomic E-state index is 0.147. The van der Waals surface area contributed by atoms with Crippen LogP contribution >= 0.6 is 11.3 Å². The zero-order chi connectivity index (χ0) is 19.5. The van der Waals surface area contributed by atoms with Crippen molar-refractivity contribution < 1.29 is 19.0 Å². The Hall–Kier alpha value is -3.90. The number of para-hydroxylation sites is 1. The molecular formula is C16H10N6O5S. The van der Waals surface area contributed by atoms with Crippen molar-refractivity contribution in [1.82, 2.24) is 10.6 Å². The Morgan fingerprint density at radius 3 is 2.82 bits per heavy atom. The van der Waals surface area contributed by atoms with E-state index in [1.165, 1.54) is 34.7 Å². The van der Waals surface area contributed by atoms with Gasteiger partial charge in [0, 0.05) is 5.38 Å². The average Bonchev–Trinajstić information content (AvgIpc) is 3.43. The van der Waals surface area contributed by atoms with Gasteiger partial charge in [-0.3, -0.25) is 10.1 Å². The number of anilines is 1. The van der Waals surface area contributed by atoms with Crippen LogP contribution in [0.1, 0.15) is 0 Å². The molecule has 0 unspecified atom stereocenters. The quantitative estimate of drug-likeness (QED) is 0.297. The molecule has 2 aromatic heterocycles. The predicted octanol–water partition coefficient (Wildman–Crippen LogP) is 3.72. The van der Waals surface area contributed by atoms with Crippen LogP contribution in [0.5, 0.6) is 0 Å². The molecule has 1 aliphatic heterocycles. The van der Waals surface area contributed by atoms with Crippen LogP contribution in [-0.2, 0) is 9.63 Å². The highest BCUT2D eigenvalue weighted by Gasteiger charge is 2.29. The molecule has 1 N–H and O–H groups in total. The van der Waals surface area contributed by atoms with Crippen molar-refractivity contribution in [1.29, 1.82) is 0 Å². The smallest absolute Gasteiger partial charge is 0.399 e. The summed E-state index contributed by atoms with van der Waals surface area (Å²) in [5.41, 5.74) is 3.72. The summed E-state index contributed by atoms with van der Waals surface area (Å²) >= 11 is 1.17. The highest BCUT2D eigenvalue weighted by Crippen LogP contribution is 2.30. The lowest BCUT2D eigenvalue weighted by atomic mass is 10.3.